The number of carbonyl (C=O) groups excluding carboxylic acids is 2. The summed E-state index contributed by atoms with van der Waals surface area (Å²) in [7, 11) is 1.32. The first kappa shape index (κ1) is 18.3. The zero-order valence-corrected chi connectivity index (χ0v) is 11.6. The monoisotopic (exact) mass is 307 g/mol. The molecule has 16 heavy (non-hydrogen) atoms. The number of halogens is 3. The van der Waals surface area contributed by atoms with E-state index >= 15 is 0 Å². The SMILES string of the molecule is COC(=O)C1=CCS[C@@H]2CC(=O)N12.Cl.Cl.Cl. The van der Waals surface area contributed by atoms with E-state index in [1.807, 2.05) is 0 Å². The van der Waals surface area contributed by atoms with E-state index < -0.39 is 5.97 Å². The number of hydrogen-bond acceptors (Lipinski definition) is 4. The lowest BCUT2D eigenvalue weighted by molar-refractivity contribution is -0.147. The van der Waals surface area contributed by atoms with Crippen LogP contribution >= 0.6 is 49.0 Å². The fraction of sp³-hybridized carbons (Fsp3) is 0.500. The molecule has 0 aromatic carbocycles. The smallest absolute Gasteiger partial charge is 0.354 e. The van der Waals surface area contributed by atoms with Crippen LogP contribution in [0, 0.1) is 0 Å². The van der Waals surface area contributed by atoms with Gasteiger partial charge in [0.15, 0.2) is 0 Å². The number of β-lactam (4-membered cyclic amide) rings is 1. The lowest BCUT2D eigenvalue weighted by Crippen LogP contribution is -2.53. The molecule has 2 rings (SSSR count). The zero-order chi connectivity index (χ0) is 9.42. The van der Waals surface area contributed by atoms with Crippen LogP contribution in [0.15, 0.2) is 11.8 Å². The highest BCUT2D eigenvalue weighted by Gasteiger charge is 2.43. The van der Waals surface area contributed by atoms with Crippen LogP contribution in [0.5, 0.6) is 0 Å². The molecule has 1 amide bonds. The van der Waals surface area contributed by atoms with Crippen molar-refractivity contribution in [2.24, 2.45) is 0 Å². The van der Waals surface area contributed by atoms with Gasteiger partial charge in [0.05, 0.1) is 18.9 Å². The summed E-state index contributed by atoms with van der Waals surface area (Å²) in [5.41, 5.74) is 0.405. The molecule has 1 saturated heterocycles. The molecule has 94 valence electrons. The van der Waals surface area contributed by atoms with Gasteiger partial charge in [0.25, 0.3) is 0 Å². The van der Waals surface area contributed by atoms with Gasteiger partial charge in [-0.1, -0.05) is 0 Å². The number of amides is 1. The summed E-state index contributed by atoms with van der Waals surface area (Å²) in [5.74, 6) is 0.367. The van der Waals surface area contributed by atoms with Crippen LogP contribution in [0.2, 0.25) is 0 Å². The highest BCUT2D eigenvalue weighted by Crippen LogP contribution is 2.36. The first-order chi connectivity index (χ1) is 6.24. The Morgan fingerprint density at radius 3 is 2.62 bits per heavy atom. The van der Waals surface area contributed by atoms with Gasteiger partial charge in [0.1, 0.15) is 5.70 Å². The average Bonchev–Trinajstić information content (AvgIpc) is 2.14. The van der Waals surface area contributed by atoms with Crippen molar-refractivity contribution in [1.29, 1.82) is 0 Å². The van der Waals surface area contributed by atoms with Crippen LogP contribution < -0.4 is 0 Å². The summed E-state index contributed by atoms with van der Waals surface area (Å²) < 4.78 is 4.58. The maximum atomic E-state index is 11.2. The first-order valence-electron chi connectivity index (χ1n) is 3.96. The number of carbonyl (C=O) groups is 2. The molecule has 8 heteroatoms. The van der Waals surface area contributed by atoms with Crippen LogP contribution in [0.4, 0.5) is 0 Å². The molecule has 2 aliphatic rings. The van der Waals surface area contributed by atoms with Crippen molar-refractivity contribution >= 4 is 60.9 Å². The van der Waals surface area contributed by atoms with E-state index in [0.29, 0.717) is 12.1 Å². The molecular weight excluding hydrogens is 297 g/mol. The lowest BCUT2D eigenvalue weighted by atomic mass is 10.1. The molecule has 0 N–H and O–H groups in total. The summed E-state index contributed by atoms with van der Waals surface area (Å²) >= 11 is 1.67. The molecule has 0 radical (unpaired) electrons. The third-order valence-electron chi connectivity index (χ3n) is 2.13. The minimum Gasteiger partial charge on any atom is -0.464 e. The number of esters is 1. The Hall–Kier alpha value is -0.100. The van der Waals surface area contributed by atoms with Gasteiger partial charge in [-0.05, 0) is 6.08 Å². The molecule has 0 aliphatic carbocycles. The van der Waals surface area contributed by atoms with E-state index in [9.17, 15) is 9.59 Å². The third-order valence-corrected chi connectivity index (χ3v) is 3.25. The third kappa shape index (κ3) is 2.97. The summed E-state index contributed by atoms with van der Waals surface area (Å²) in [5, 5.41) is 0.159. The van der Waals surface area contributed by atoms with Crippen LogP contribution in [-0.4, -0.2) is 35.0 Å². The number of fused-ring (bicyclic) bond motifs is 1. The van der Waals surface area contributed by atoms with Crippen LogP contribution in [0.3, 0.4) is 0 Å². The average molecular weight is 309 g/mol. The molecule has 0 aromatic heterocycles. The van der Waals surface area contributed by atoms with Gasteiger partial charge in [-0.3, -0.25) is 9.69 Å². The van der Waals surface area contributed by atoms with Gasteiger partial charge in [0.2, 0.25) is 5.91 Å². The number of rotatable bonds is 1. The Labute approximate surface area is 116 Å². The van der Waals surface area contributed by atoms with Crippen molar-refractivity contribution in [3.63, 3.8) is 0 Å². The quantitative estimate of drug-likeness (QED) is 0.545. The van der Waals surface area contributed by atoms with Gasteiger partial charge in [-0.2, -0.15) is 0 Å². The summed E-state index contributed by atoms with van der Waals surface area (Å²) in [6.45, 7) is 0. The number of methoxy groups -OCH3 is 1. The van der Waals surface area contributed by atoms with Crippen molar-refractivity contribution in [2.75, 3.05) is 12.9 Å². The topological polar surface area (TPSA) is 46.6 Å². The fourth-order valence-electron chi connectivity index (χ4n) is 1.43. The molecule has 0 spiro atoms. The Bertz CT molecular complexity index is 311. The summed E-state index contributed by atoms with van der Waals surface area (Å²) in [6, 6.07) is 0. The standard InChI is InChI=1S/C8H9NO3S.3ClH/c1-12-8(11)5-2-3-13-7-4-6(10)9(5)7;;;/h2,7H,3-4H2,1H3;3*1H/t7-;;;/m1.../s1. The second kappa shape index (κ2) is 7.27. The highest BCUT2D eigenvalue weighted by atomic mass is 35.5. The Morgan fingerprint density at radius 1 is 1.50 bits per heavy atom. The maximum absolute atomic E-state index is 11.2. The molecule has 4 nitrogen and oxygen atoms in total. The minimum absolute atomic E-state index is 0. The van der Waals surface area contributed by atoms with Crippen molar-refractivity contribution in [2.45, 2.75) is 11.8 Å². The van der Waals surface area contributed by atoms with Gasteiger partial charge in [-0.15, -0.1) is 49.0 Å². The summed E-state index contributed by atoms with van der Waals surface area (Å²) in [4.78, 5) is 23.9. The molecule has 1 atom stereocenters. The van der Waals surface area contributed by atoms with Crippen molar-refractivity contribution in [3.05, 3.63) is 11.8 Å². The minimum atomic E-state index is -0.418. The van der Waals surface area contributed by atoms with Crippen molar-refractivity contribution in [3.8, 4) is 0 Å². The van der Waals surface area contributed by atoms with Crippen LogP contribution in [-0.2, 0) is 14.3 Å². The van der Waals surface area contributed by atoms with Gasteiger partial charge in [0, 0.05) is 5.75 Å². The predicted octanol–water partition coefficient (Wildman–Crippen LogP) is 1.61. The Balaban J connectivity index is 0. The molecule has 2 heterocycles. The van der Waals surface area contributed by atoms with E-state index in [4.69, 9.17) is 0 Å². The molecular formula is C8H12Cl3NO3S. The normalized spacial score (nSPS) is 21.1. The maximum Gasteiger partial charge on any atom is 0.354 e. The van der Waals surface area contributed by atoms with E-state index in [2.05, 4.69) is 4.74 Å². The molecule has 0 unspecified atom stereocenters. The van der Waals surface area contributed by atoms with E-state index in [-0.39, 0.29) is 48.5 Å². The van der Waals surface area contributed by atoms with Crippen molar-refractivity contribution in [1.82, 2.24) is 4.90 Å². The fourth-order valence-corrected chi connectivity index (χ4v) is 2.55. The van der Waals surface area contributed by atoms with Crippen molar-refractivity contribution < 1.29 is 14.3 Å². The van der Waals surface area contributed by atoms with Gasteiger partial charge >= 0.3 is 5.97 Å². The first-order valence-corrected chi connectivity index (χ1v) is 5.01. The molecule has 1 fully saturated rings. The second-order valence-corrected chi connectivity index (χ2v) is 4.05. The number of ether oxygens (including phenoxy) is 1. The van der Waals surface area contributed by atoms with E-state index in [0.717, 1.165) is 5.75 Å². The second-order valence-electron chi connectivity index (χ2n) is 2.84. The number of hydrogen-bond donors (Lipinski definition) is 0. The van der Waals surface area contributed by atoms with E-state index in [1.165, 1.54) is 12.0 Å². The summed E-state index contributed by atoms with van der Waals surface area (Å²) in [6.07, 6.45) is 2.28. The molecule has 0 bridgehead atoms. The van der Waals surface area contributed by atoms with E-state index in [1.54, 1.807) is 17.8 Å². The molecule has 0 aromatic rings. The van der Waals surface area contributed by atoms with Crippen LogP contribution in [0.25, 0.3) is 0 Å². The highest BCUT2D eigenvalue weighted by molar-refractivity contribution is 8.00. The zero-order valence-electron chi connectivity index (χ0n) is 8.37. The number of thioether (sulfide) groups is 1. The predicted molar refractivity (Wildman–Crippen MR) is 69.6 cm³/mol. The van der Waals surface area contributed by atoms with Gasteiger partial charge < -0.3 is 4.74 Å². The van der Waals surface area contributed by atoms with Crippen LogP contribution in [0.1, 0.15) is 6.42 Å². The molecule has 2 aliphatic heterocycles. The Kier molecular flexibility index (Phi) is 8.30. The lowest BCUT2D eigenvalue weighted by Gasteiger charge is -2.42. The largest absolute Gasteiger partial charge is 0.464 e. The Morgan fingerprint density at radius 2 is 2.12 bits per heavy atom. The van der Waals surface area contributed by atoms with Gasteiger partial charge in [-0.25, -0.2) is 4.79 Å². The number of nitrogens with zero attached hydrogens (tertiary/aromatic N) is 1. The molecule has 0 saturated carbocycles.